The van der Waals surface area contributed by atoms with Crippen molar-refractivity contribution in [2.24, 2.45) is 0 Å². The summed E-state index contributed by atoms with van der Waals surface area (Å²) in [5.41, 5.74) is 1.47. The Morgan fingerprint density at radius 3 is 2.00 bits per heavy atom. The van der Waals surface area contributed by atoms with Crippen LogP contribution in [0.2, 0.25) is 0 Å². The van der Waals surface area contributed by atoms with Crippen LogP contribution in [0.3, 0.4) is 0 Å². The highest BCUT2D eigenvalue weighted by Crippen LogP contribution is 2.08. The summed E-state index contributed by atoms with van der Waals surface area (Å²) in [5, 5.41) is 2.81. The van der Waals surface area contributed by atoms with E-state index in [2.05, 4.69) is 5.32 Å². The van der Waals surface area contributed by atoms with Gasteiger partial charge in [-0.1, -0.05) is 12.2 Å². The molecule has 0 saturated carbocycles. The van der Waals surface area contributed by atoms with E-state index in [1.54, 1.807) is 7.05 Å². The molecule has 0 radical (unpaired) electrons. The van der Waals surface area contributed by atoms with Crippen LogP contribution in [-0.4, -0.2) is 36.8 Å². The number of nitrogens with one attached hydrogen (secondary N) is 1. The van der Waals surface area contributed by atoms with Gasteiger partial charge >= 0.3 is 0 Å². The van der Waals surface area contributed by atoms with E-state index in [4.69, 9.17) is 12.2 Å². The van der Waals surface area contributed by atoms with Gasteiger partial charge in [-0.15, -0.1) is 0 Å². The topological polar surface area (TPSA) is 32.3 Å². The van der Waals surface area contributed by atoms with Gasteiger partial charge in [0.25, 0.3) is 0 Å². The minimum Gasteiger partial charge on any atom is -0.381 e. The zero-order chi connectivity index (χ0) is 10.6. The zero-order valence-electron chi connectivity index (χ0n) is 8.76. The Morgan fingerprint density at radius 1 is 1.31 bits per heavy atom. The third kappa shape index (κ3) is 3.14. The van der Waals surface area contributed by atoms with Crippen LogP contribution in [-0.2, 0) is 4.79 Å². The molecule has 0 aromatic heterocycles. The number of Topliss-reactive ketones (excluding diaryl/α,β-unsaturated/α-hetero) is 1. The fourth-order valence-electron chi connectivity index (χ4n) is 0.928. The van der Waals surface area contributed by atoms with E-state index in [1.807, 2.05) is 25.9 Å². The number of likely N-dealkylation sites (N-methyl/N-ethyl adjacent to an activating group) is 1. The lowest BCUT2D eigenvalue weighted by molar-refractivity contribution is -0.113. The molecular weight excluding hydrogens is 184 g/mol. The quantitative estimate of drug-likeness (QED) is 0.543. The van der Waals surface area contributed by atoms with Gasteiger partial charge in [0.15, 0.2) is 5.78 Å². The molecule has 4 heteroatoms. The SMILES string of the molecule is CNC(=S)/C(C(C)=O)=C(\C)N(C)C. The summed E-state index contributed by atoms with van der Waals surface area (Å²) >= 11 is 5.03. The maximum atomic E-state index is 11.3. The van der Waals surface area contributed by atoms with E-state index in [9.17, 15) is 4.79 Å². The second-order valence-electron chi connectivity index (χ2n) is 2.99. The Labute approximate surface area is 84.8 Å². The van der Waals surface area contributed by atoms with Gasteiger partial charge in [-0.05, 0) is 13.8 Å². The zero-order valence-corrected chi connectivity index (χ0v) is 9.58. The summed E-state index contributed by atoms with van der Waals surface area (Å²) in [6.45, 7) is 3.40. The molecule has 0 amide bonds. The number of hydrogen-bond acceptors (Lipinski definition) is 3. The van der Waals surface area contributed by atoms with Crippen molar-refractivity contribution in [2.75, 3.05) is 21.1 Å². The predicted molar refractivity (Wildman–Crippen MR) is 58.7 cm³/mol. The molecule has 0 saturated heterocycles. The summed E-state index contributed by atoms with van der Waals surface area (Å²) in [6.07, 6.45) is 0. The number of ketones is 1. The van der Waals surface area contributed by atoms with Crippen LogP contribution in [0, 0.1) is 0 Å². The third-order valence-electron chi connectivity index (χ3n) is 1.84. The van der Waals surface area contributed by atoms with Crippen LogP contribution < -0.4 is 5.32 Å². The van der Waals surface area contributed by atoms with Crippen molar-refractivity contribution >= 4 is 23.0 Å². The Balaban J connectivity index is 5.12. The standard InChI is InChI=1S/C9H16N2OS/c1-6(11(4)5)8(7(2)12)9(13)10-3/h1-5H3,(H,10,13)/b8-6+. The normalized spacial score (nSPS) is 11.8. The lowest BCUT2D eigenvalue weighted by Crippen LogP contribution is -2.26. The van der Waals surface area contributed by atoms with E-state index in [0.29, 0.717) is 10.6 Å². The maximum absolute atomic E-state index is 11.3. The molecule has 1 N–H and O–H groups in total. The lowest BCUT2D eigenvalue weighted by Gasteiger charge is -2.17. The van der Waals surface area contributed by atoms with Crippen molar-refractivity contribution in [2.45, 2.75) is 13.8 Å². The van der Waals surface area contributed by atoms with Crippen LogP contribution in [0.1, 0.15) is 13.8 Å². The van der Waals surface area contributed by atoms with Crippen LogP contribution in [0.25, 0.3) is 0 Å². The number of allylic oxidation sites excluding steroid dienone is 1. The van der Waals surface area contributed by atoms with Crippen molar-refractivity contribution in [3.05, 3.63) is 11.3 Å². The number of carbonyl (C=O) groups is 1. The van der Waals surface area contributed by atoms with Crippen molar-refractivity contribution < 1.29 is 4.79 Å². The van der Waals surface area contributed by atoms with E-state index >= 15 is 0 Å². The smallest absolute Gasteiger partial charge is 0.164 e. The van der Waals surface area contributed by atoms with Crippen LogP contribution in [0.15, 0.2) is 11.3 Å². The number of thiocarbonyl (C=S) groups is 1. The van der Waals surface area contributed by atoms with Crippen LogP contribution >= 0.6 is 12.2 Å². The summed E-state index contributed by atoms with van der Waals surface area (Å²) in [4.78, 5) is 13.7. The minimum atomic E-state index is -0.00875. The molecule has 0 unspecified atom stereocenters. The Hall–Kier alpha value is -0.900. The monoisotopic (exact) mass is 200 g/mol. The van der Waals surface area contributed by atoms with Gasteiger partial charge in [0.1, 0.15) is 4.99 Å². The van der Waals surface area contributed by atoms with E-state index < -0.39 is 0 Å². The van der Waals surface area contributed by atoms with E-state index in [1.165, 1.54) is 6.92 Å². The van der Waals surface area contributed by atoms with Crippen molar-refractivity contribution in [3.8, 4) is 0 Å². The second kappa shape index (κ2) is 4.97. The first-order valence-corrected chi connectivity index (χ1v) is 4.43. The van der Waals surface area contributed by atoms with E-state index in [0.717, 1.165) is 5.70 Å². The minimum absolute atomic E-state index is 0.00875. The average Bonchev–Trinajstić information content (AvgIpc) is 2.03. The molecule has 13 heavy (non-hydrogen) atoms. The predicted octanol–water partition coefficient (Wildman–Crippen LogP) is 0.958. The highest BCUT2D eigenvalue weighted by Gasteiger charge is 2.13. The molecule has 0 rings (SSSR count). The summed E-state index contributed by atoms with van der Waals surface area (Å²) < 4.78 is 0. The highest BCUT2D eigenvalue weighted by molar-refractivity contribution is 7.80. The molecule has 0 aliphatic heterocycles. The van der Waals surface area contributed by atoms with E-state index in [-0.39, 0.29) is 5.78 Å². The highest BCUT2D eigenvalue weighted by atomic mass is 32.1. The Morgan fingerprint density at radius 2 is 1.77 bits per heavy atom. The fourth-order valence-corrected chi connectivity index (χ4v) is 1.22. The number of nitrogens with zero attached hydrogens (tertiary/aromatic N) is 1. The van der Waals surface area contributed by atoms with Gasteiger partial charge in [0.05, 0.1) is 5.57 Å². The van der Waals surface area contributed by atoms with Crippen molar-refractivity contribution in [3.63, 3.8) is 0 Å². The Bertz CT molecular complexity index is 256. The number of rotatable bonds is 3. The van der Waals surface area contributed by atoms with Gasteiger partial charge < -0.3 is 10.2 Å². The molecule has 0 heterocycles. The largest absolute Gasteiger partial charge is 0.381 e. The molecule has 0 bridgehead atoms. The molecule has 0 aromatic carbocycles. The number of hydrogen-bond donors (Lipinski definition) is 1. The van der Waals surface area contributed by atoms with Gasteiger partial charge in [-0.3, -0.25) is 4.79 Å². The van der Waals surface area contributed by atoms with Gasteiger partial charge in [-0.25, -0.2) is 0 Å². The molecule has 0 fully saturated rings. The molecule has 3 nitrogen and oxygen atoms in total. The first-order valence-electron chi connectivity index (χ1n) is 4.03. The second-order valence-corrected chi connectivity index (χ2v) is 3.40. The van der Waals surface area contributed by atoms with Gasteiger partial charge in [0, 0.05) is 26.8 Å². The van der Waals surface area contributed by atoms with Gasteiger partial charge in [0.2, 0.25) is 0 Å². The third-order valence-corrected chi connectivity index (χ3v) is 2.25. The molecule has 74 valence electrons. The molecule has 0 aromatic rings. The molecule has 0 atom stereocenters. The summed E-state index contributed by atoms with van der Waals surface area (Å²) in [7, 11) is 5.49. The molecular formula is C9H16N2OS. The fraction of sp³-hybridized carbons (Fsp3) is 0.556. The molecule has 0 spiro atoms. The lowest BCUT2D eigenvalue weighted by atomic mass is 10.1. The summed E-state index contributed by atoms with van der Waals surface area (Å²) in [5.74, 6) is -0.00875. The van der Waals surface area contributed by atoms with Crippen molar-refractivity contribution in [1.82, 2.24) is 10.2 Å². The van der Waals surface area contributed by atoms with Crippen LogP contribution in [0.4, 0.5) is 0 Å². The first-order chi connectivity index (χ1) is 5.91. The summed E-state index contributed by atoms with van der Waals surface area (Å²) in [6, 6.07) is 0. The first kappa shape index (κ1) is 12.1. The molecule has 0 aliphatic carbocycles. The van der Waals surface area contributed by atoms with Crippen LogP contribution in [0.5, 0.6) is 0 Å². The maximum Gasteiger partial charge on any atom is 0.164 e. The Kier molecular flexibility index (Phi) is 4.62. The molecule has 0 aliphatic rings. The average molecular weight is 200 g/mol. The van der Waals surface area contributed by atoms with Crippen molar-refractivity contribution in [1.29, 1.82) is 0 Å². The number of carbonyl (C=O) groups excluding carboxylic acids is 1. The van der Waals surface area contributed by atoms with Gasteiger partial charge in [-0.2, -0.15) is 0 Å².